The van der Waals surface area contributed by atoms with E-state index in [-0.39, 0.29) is 0 Å². The normalized spacial score (nSPS) is 12.6. The average Bonchev–Trinajstić information content (AvgIpc) is 2.46. The van der Waals surface area contributed by atoms with Gasteiger partial charge in [0, 0.05) is 5.56 Å². The number of halogens is 10. The zero-order valence-electron chi connectivity index (χ0n) is 10.7. The van der Waals surface area contributed by atoms with Crippen molar-refractivity contribution in [3.8, 4) is 11.3 Å². The lowest BCUT2D eigenvalue weighted by Crippen LogP contribution is -2.19. The third-order valence-electron chi connectivity index (χ3n) is 2.67. The van der Waals surface area contributed by atoms with Crippen molar-refractivity contribution in [3.05, 3.63) is 40.6 Å². The maximum absolute atomic E-state index is 14.0. The lowest BCUT2D eigenvalue weighted by Gasteiger charge is -2.21. The Hall–Kier alpha value is -0.310. The molecular formula is C11HCl6F4N3. The Balaban J connectivity index is 2.92. The van der Waals surface area contributed by atoms with Gasteiger partial charge in [0.25, 0.3) is 0 Å². The monoisotopic (exact) mass is 461 g/mol. The number of nitrogens with zero attached hydrogens (tertiary/aromatic N) is 3. The van der Waals surface area contributed by atoms with Crippen molar-refractivity contribution >= 4 is 69.6 Å². The fraction of sp³-hybridized carbons (Fsp3) is 0.182. The van der Waals surface area contributed by atoms with Gasteiger partial charge in [-0.1, -0.05) is 69.6 Å². The van der Waals surface area contributed by atoms with Crippen molar-refractivity contribution in [1.82, 2.24) is 15.4 Å². The highest BCUT2D eigenvalue weighted by Gasteiger charge is 2.41. The Morgan fingerprint density at radius 2 is 1.33 bits per heavy atom. The fourth-order valence-electron chi connectivity index (χ4n) is 1.72. The smallest absolute Gasteiger partial charge is 0.204 e. The predicted octanol–water partition coefficient (Wildman–Crippen LogP) is 5.75. The van der Waals surface area contributed by atoms with Gasteiger partial charge in [-0.05, 0) is 11.3 Å². The van der Waals surface area contributed by atoms with Crippen LogP contribution in [0.25, 0.3) is 11.3 Å². The third-order valence-corrected chi connectivity index (χ3v) is 3.78. The molecule has 0 saturated carbocycles. The van der Waals surface area contributed by atoms with Crippen LogP contribution < -0.4 is 0 Å². The molecule has 3 nitrogen and oxygen atoms in total. The molecule has 0 bridgehead atoms. The van der Waals surface area contributed by atoms with Crippen LogP contribution in [0.15, 0.2) is 6.07 Å². The van der Waals surface area contributed by atoms with Crippen LogP contribution in [0.2, 0.25) is 0 Å². The van der Waals surface area contributed by atoms with Crippen LogP contribution in [0.3, 0.4) is 0 Å². The van der Waals surface area contributed by atoms with E-state index in [0.717, 1.165) is 0 Å². The van der Waals surface area contributed by atoms with Crippen molar-refractivity contribution in [3.63, 3.8) is 0 Å². The Morgan fingerprint density at radius 3 is 1.83 bits per heavy atom. The molecule has 0 fully saturated rings. The van der Waals surface area contributed by atoms with Crippen LogP contribution in [0.4, 0.5) is 17.6 Å². The van der Waals surface area contributed by atoms with E-state index in [2.05, 4.69) is 15.4 Å². The van der Waals surface area contributed by atoms with Crippen LogP contribution in [-0.4, -0.2) is 15.4 Å². The summed E-state index contributed by atoms with van der Waals surface area (Å²) in [5, 5.41) is 9.97. The fourth-order valence-corrected chi connectivity index (χ4v) is 2.66. The maximum Gasteiger partial charge on any atom is 0.234 e. The molecule has 0 saturated heterocycles. The van der Waals surface area contributed by atoms with E-state index < -0.39 is 53.4 Å². The van der Waals surface area contributed by atoms with Gasteiger partial charge in [0.2, 0.25) is 7.59 Å². The molecule has 0 aliphatic carbocycles. The molecule has 1 aromatic heterocycles. The van der Waals surface area contributed by atoms with Crippen LogP contribution in [0, 0.1) is 23.3 Å². The highest BCUT2D eigenvalue weighted by atomic mass is 35.6. The summed E-state index contributed by atoms with van der Waals surface area (Å²) in [6.45, 7) is 0. The second-order valence-electron chi connectivity index (χ2n) is 4.21. The van der Waals surface area contributed by atoms with Crippen molar-refractivity contribution in [2.24, 2.45) is 0 Å². The first kappa shape index (κ1) is 20.0. The SMILES string of the molecule is Fc1cc(-c2nnnc(C(Cl)(Cl)Cl)c2C(Cl)(Cl)Cl)c(F)c(F)c1F. The summed E-state index contributed by atoms with van der Waals surface area (Å²) < 4.78 is 49.4. The van der Waals surface area contributed by atoms with E-state index in [9.17, 15) is 17.6 Å². The molecule has 1 heterocycles. The minimum atomic E-state index is -2.40. The quantitative estimate of drug-likeness (QED) is 0.234. The second-order valence-corrected chi connectivity index (χ2v) is 8.77. The average molecular weight is 464 g/mol. The van der Waals surface area contributed by atoms with Crippen molar-refractivity contribution < 1.29 is 17.6 Å². The van der Waals surface area contributed by atoms with Gasteiger partial charge in [-0.15, -0.1) is 10.2 Å². The summed E-state index contributed by atoms with van der Waals surface area (Å²) in [5.41, 5.74) is -2.76. The van der Waals surface area contributed by atoms with Crippen LogP contribution in [-0.2, 0) is 7.59 Å². The number of hydrogen-bond donors (Lipinski definition) is 0. The summed E-state index contributed by atoms with van der Waals surface area (Å²) in [4.78, 5) is 0. The predicted molar refractivity (Wildman–Crippen MR) is 83.6 cm³/mol. The molecule has 13 heteroatoms. The lowest BCUT2D eigenvalue weighted by atomic mass is 10.0. The van der Waals surface area contributed by atoms with E-state index in [1.54, 1.807) is 0 Å². The van der Waals surface area contributed by atoms with E-state index >= 15 is 0 Å². The minimum absolute atomic E-state index is 0.291. The highest BCUT2D eigenvalue weighted by molar-refractivity contribution is 6.69. The summed E-state index contributed by atoms with van der Waals surface area (Å²) in [5.74, 6) is -7.65. The topological polar surface area (TPSA) is 38.7 Å². The summed E-state index contributed by atoms with van der Waals surface area (Å²) >= 11 is 34.3. The van der Waals surface area contributed by atoms with Gasteiger partial charge in [-0.2, -0.15) is 0 Å². The Kier molecular flexibility index (Phi) is 5.65. The number of rotatable bonds is 1. The van der Waals surface area contributed by atoms with Gasteiger partial charge in [-0.25, -0.2) is 17.6 Å². The Bertz CT molecular complexity index is 806. The second kappa shape index (κ2) is 6.78. The van der Waals surface area contributed by atoms with Crippen molar-refractivity contribution in [2.75, 3.05) is 0 Å². The van der Waals surface area contributed by atoms with Crippen molar-refractivity contribution in [1.29, 1.82) is 0 Å². The summed E-state index contributed by atoms with van der Waals surface area (Å²) in [6, 6.07) is 0.291. The largest absolute Gasteiger partial charge is 0.234 e. The molecule has 1 aromatic carbocycles. The molecule has 0 atom stereocenters. The Morgan fingerprint density at radius 1 is 0.750 bits per heavy atom. The van der Waals surface area contributed by atoms with Crippen LogP contribution in [0.5, 0.6) is 0 Å². The summed E-state index contributed by atoms with van der Waals surface area (Å²) in [6.07, 6.45) is 0. The van der Waals surface area contributed by atoms with Crippen LogP contribution in [0.1, 0.15) is 11.3 Å². The minimum Gasteiger partial charge on any atom is -0.204 e. The third kappa shape index (κ3) is 3.76. The molecule has 0 spiro atoms. The molecule has 0 unspecified atom stereocenters. The number of alkyl halides is 6. The lowest BCUT2D eigenvalue weighted by molar-refractivity contribution is 0.410. The number of aromatic nitrogens is 3. The van der Waals surface area contributed by atoms with Crippen molar-refractivity contribution in [2.45, 2.75) is 7.59 Å². The van der Waals surface area contributed by atoms with Gasteiger partial charge in [0.05, 0.1) is 5.56 Å². The summed E-state index contributed by atoms with van der Waals surface area (Å²) in [7, 11) is 0. The molecule has 0 aliphatic heterocycles. The van der Waals surface area contributed by atoms with Gasteiger partial charge < -0.3 is 0 Å². The zero-order valence-corrected chi connectivity index (χ0v) is 15.2. The highest BCUT2D eigenvalue weighted by Crippen LogP contribution is 2.50. The van der Waals surface area contributed by atoms with Gasteiger partial charge >= 0.3 is 0 Å². The van der Waals surface area contributed by atoms with E-state index in [4.69, 9.17) is 69.6 Å². The molecule has 2 rings (SSSR count). The molecule has 0 aliphatic rings. The standard InChI is InChI=1S/C11HCl6F4N3/c12-10(13,14)4-8(22-24-23-9(4)11(15,16)17)2-1-3(18)6(20)7(21)5(2)19/h1H. The molecule has 24 heavy (non-hydrogen) atoms. The first-order chi connectivity index (χ1) is 10.9. The van der Waals surface area contributed by atoms with Gasteiger partial charge in [-0.3, -0.25) is 0 Å². The molecule has 0 radical (unpaired) electrons. The van der Waals surface area contributed by atoms with E-state index in [1.165, 1.54) is 0 Å². The Labute approximate surface area is 161 Å². The maximum atomic E-state index is 14.0. The first-order valence-electron chi connectivity index (χ1n) is 5.56. The van der Waals surface area contributed by atoms with E-state index in [1.807, 2.05) is 0 Å². The zero-order chi connectivity index (χ0) is 18.4. The number of hydrogen-bond acceptors (Lipinski definition) is 3. The van der Waals surface area contributed by atoms with Crippen LogP contribution >= 0.6 is 69.6 Å². The molecular weight excluding hydrogens is 463 g/mol. The molecule has 0 amide bonds. The van der Waals surface area contributed by atoms with Gasteiger partial charge in [0.15, 0.2) is 23.3 Å². The molecule has 0 N–H and O–H groups in total. The molecule has 130 valence electrons. The number of benzene rings is 1. The first-order valence-corrected chi connectivity index (χ1v) is 7.83. The van der Waals surface area contributed by atoms with Gasteiger partial charge in [0.1, 0.15) is 11.4 Å². The molecule has 2 aromatic rings. The van der Waals surface area contributed by atoms with E-state index in [0.29, 0.717) is 6.07 Å².